The minimum Gasteiger partial charge on any atom is -0.384 e. The number of pyridine rings is 2. The number of rotatable bonds is 12. The molecule has 146 valence electrons. The number of aromatic nitrogens is 2. The van der Waals surface area contributed by atoms with E-state index < -0.39 is 0 Å². The molecule has 0 saturated heterocycles. The Morgan fingerprint density at radius 2 is 1.50 bits per heavy atom. The third-order valence-electron chi connectivity index (χ3n) is 5.00. The van der Waals surface area contributed by atoms with E-state index in [2.05, 4.69) is 33.5 Å². The van der Waals surface area contributed by atoms with E-state index in [1.807, 2.05) is 30.5 Å². The van der Waals surface area contributed by atoms with E-state index in [9.17, 15) is 4.79 Å². The number of unbranched alkanes of at least 4 members (excludes halogenated alkanes) is 6. The summed E-state index contributed by atoms with van der Waals surface area (Å²) in [6.07, 6.45) is 12.4. The molecule has 0 radical (unpaired) electrons. The zero-order chi connectivity index (χ0) is 19.4. The molecule has 0 bridgehead atoms. The van der Waals surface area contributed by atoms with Gasteiger partial charge in [0.1, 0.15) is 5.69 Å². The molecule has 4 heteroatoms. The van der Waals surface area contributed by atoms with Crippen LogP contribution in [0, 0.1) is 0 Å². The lowest BCUT2D eigenvalue weighted by Crippen LogP contribution is -2.02. The average Bonchev–Trinajstić information content (AvgIpc) is 2.75. The molecule has 2 aromatic heterocycles. The molecule has 0 spiro atoms. The van der Waals surface area contributed by atoms with Gasteiger partial charge in [-0.3, -0.25) is 14.8 Å². The fraction of sp³-hybridized carbons (Fsp3) is 0.375. The predicted octanol–water partition coefficient (Wildman–Crippen LogP) is 6.05. The Kier molecular flexibility index (Phi) is 7.98. The van der Waals surface area contributed by atoms with Crippen molar-refractivity contribution in [2.45, 2.75) is 51.4 Å². The number of nitrogens with one attached hydrogen (secondary N) is 1. The summed E-state index contributed by atoms with van der Waals surface area (Å²) in [6.45, 7) is 0.993. The number of anilines is 1. The number of carbonyl (C=O) groups excluding carboxylic acids is 1. The minimum absolute atomic E-state index is 0.162. The summed E-state index contributed by atoms with van der Waals surface area (Å²) < 4.78 is 0. The van der Waals surface area contributed by atoms with Gasteiger partial charge in [-0.25, -0.2) is 0 Å². The van der Waals surface area contributed by atoms with E-state index in [-0.39, 0.29) is 5.78 Å². The third kappa shape index (κ3) is 6.15. The predicted molar refractivity (Wildman–Crippen MR) is 116 cm³/mol. The van der Waals surface area contributed by atoms with Gasteiger partial charge < -0.3 is 5.32 Å². The van der Waals surface area contributed by atoms with Crippen LogP contribution in [0.3, 0.4) is 0 Å². The summed E-state index contributed by atoms with van der Waals surface area (Å²) in [5, 5.41) is 4.73. The molecule has 0 atom stereocenters. The van der Waals surface area contributed by atoms with E-state index in [0.717, 1.165) is 24.9 Å². The number of benzene rings is 1. The van der Waals surface area contributed by atoms with Crippen LogP contribution in [0.25, 0.3) is 10.9 Å². The monoisotopic (exact) mass is 375 g/mol. The minimum atomic E-state index is 0.162. The summed E-state index contributed by atoms with van der Waals surface area (Å²) in [7, 11) is 0. The number of fused-ring (bicyclic) bond motifs is 1. The van der Waals surface area contributed by atoms with Crippen LogP contribution in [0.5, 0.6) is 0 Å². The third-order valence-corrected chi connectivity index (χ3v) is 5.00. The highest BCUT2D eigenvalue weighted by atomic mass is 16.1. The Labute approximate surface area is 167 Å². The number of carbonyl (C=O) groups is 1. The maximum absolute atomic E-state index is 12.0. The Balaban J connectivity index is 1.22. The maximum atomic E-state index is 12.0. The standard InChI is InChI=1S/C24H29N3O/c28-24(23-14-9-11-18-26-23)15-6-4-2-1-3-5-10-17-25-22-16-19-27-21-13-8-7-12-20(21)22/h7-9,11-14,16,18-19H,1-6,10,15,17H2,(H,25,27). The van der Waals surface area contributed by atoms with Gasteiger partial charge in [0.15, 0.2) is 5.78 Å². The van der Waals surface area contributed by atoms with Gasteiger partial charge in [0.05, 0.1) is 5.52 Å². The first-order valence-electron chi connectivity index (χ1n) is 10.4. The van der Waals surface area contributed by atoms with Crippen LogP contribution in [0.2, 0.25) is 0 Å². The van der Waals surface area contributed by atoms with Crippen LogP contribution in [-0.2, 0) is 0 Å². The molecule has 28 heavy (non-hydrogen) atoms. The molecule has 0 aliphatic rings. The summed E-state index contributed by atoms with van der Waals surface area (Å²) in [5.41, 5.74) is 2.80. The molecule has 3 rings (SSSR count). The molecule has 0 saturated carbocycles. The highest BCUT2D eigenvalue weighted by molar-refractivity contribution is 5.94. The molecule has 0 fully saturated rings. The Morgan fingerprint density at radius 1 is 0.750 bits per heavy atom. The first-order valence-corrected chi connectivity index (χ1v) is 10.4. The fourth-order valence-corrected chi connectivity index (χ4v) is 3.42. The van der Waals surface area contributed by atoms with Crippen LogP contribution in [-0.4, -0.2) is 22.3 Å². The Bertz CT molecular complexity index is 859. The van der Waals surface area contributed by atoms with E-state index in [4.69, 9.17) is 0 Å². The molecule has 1 N–H and O–H groups in total. The van der Waals surface area contributed by atoms with Crippen molar-refractivity contribution >= 4 is 22.4 Å². The highest BCUT2D eigenvalue weighted by Crippen LogP contribution is 2.21. The van der Waals surface area contributed by atoms with Crippen LogP contribution >= 0.6 is 0 Å². The number of Topliss-reactive ketones (excluding diaryl/α,β-unsaturated/α-hetero) is 1. The van der Waals surface area contributed by atoms with Gasteiger partial charge in [0.25, 0.3) is 0 Å². The SMILES string of the molecule is O=C(CCCCCCCCCNc1ccnc2ccccc12)c1ccccn1. The smallest absolute Gasteiger partial charge is 0.181 e. The second-order valence-electron chi connectivity index (χ2n) is 7.17. The normalized spacial score (nSPS) is 10.9. The molecule has 0 unspecified atom stereocenters. The maximum Gasteiger partial charge on any atom is 0.181 e. The van der Waals surface area contributed by atoms with Crippen LogP contribution in [0.4, 0.5) is 5.69 Å². The van der Waals surface area contributed by atoms with Crippen molar-refractivity contribution < 1.29 is 4.79 Å². The van der Waals surface area contributed by atoms with Crippen molar-refractivity contribution in [2.75, 3.05) is 11.9 Å². The molecular weight excluding hydrogens is 346 g/mol. The second-order valence-corrected chi connectivity index (χ2v) is 7.17. The largest absolute Gasteiger partial charge is 0.384 e. The highest BCUT2D eigenvalue weighted by Gasteiger charge is 2.05. The van der Waals surface area contributed by atoms with E-state index >= 15 is 0 Å². The van der Waals surface area contributed by atoms with Crippen LogP contribution in [0.1, 0.15) is 61.9 Å². The van der Waals surface area contributed by atoms with Gasteiger partial charge in [-0.05, 0) is 37.1 Å². The molecule has 0 aliphatic carbocycles. The van der Waals surface area contributed by atoms with Crippen molar-refractivity contribution in [3.05, 3.63) is 66.6 Å². The summed E-state index contributed by atoms with van der Waals surface area (Å²) >= 11 is 0. The van der Waals surface area contributed by atoms with E-state index in [0.29, 0.717) is 12.1 Å². The van der Waals surface area contributed by atoms with Crippen LogP contribution < -0.4 is 5.32 Å². The molecule has 2 heterocycles. The first-order chi connectivity index (χ1) is 13.8. The van der Waals surface area contributed by atoms with Gasteiger partial charge in [0.2, 0.25) is 0 Å². The molecule has 1 aromatic carbocycles. The number of para-hydroxylation sites is 1. The van der Waals surface area contributed by atoms with Crippen molar-refractivity contribution in [3.8, 4) is 0 Å². The van der Waals surface area contributed by atoms with Crippen molar-refractivity contribution in [1.29, 1.82) is 0 Å². The summed E-state index contributed by atoms with van der Waals surface area (Å²) in [6, 6.07) is 15.8. The quantitative estimate of drug-likeness (QED) is 0.309. The molecule has 0 amide bonds. The van der Waals surface area contributed by atoms with Gasteiger partial charge in [-0.2, -0.15) is 0 Å². The van der Waals surface area contributed by atoms with E-state index in [1.54, 1.807) is 12.3 Å². The lowest BCUT2D eigenvalue weighted by atomic mass is 10.1. The zero-order valence-corrected chi connectivity index (χ0v) is 16.4. The van der Waals surface area contributed by atoms with Crippen molar-refractivity contribution in [2.24, 2.45) is 0 Å². The first kappa shape index (κ1) is 20.0. The lowest BCUT2D eigenvalue weighted by molar-refractivity contribution is 0.0974. The second kappa shape index (κ2) is 11.2. The van der Waals surface area contributed by atoms with Crippen molar-refractivity contribution in [3.63, 3.8) is 0 Å². The summed E-state index contributed by atoms with van der Waals surface area (Å²) in [4.78, 5) is 20.5. The zero-order valence-electron chi connectivity index (χ0n) is 16.4. The molecule has 4 nitrogen and oxygen atoms in total. The number of ketones is 1. The molecular formula is C24H29N3O. The Morgan fingerprint density at radius 3 is 2.32 bits per heavy atom. The topological polar surface area (TPSA) is 54.9 Å². The van der Waals surface area contributed by atoms with Gasteiger partial charge in [-0.15, -0.1) is 0 Å². The lowest BCUT2D eigenvalue weighted by Gasteiger charge is -2.09. The number of nitrogens with zero attached hydrogens (tertiary/aromatic N) is 2. The molecule has 0 aliphatic heterocycles. The number of hydrogen-bond acceptors (Lipinski definition) is 4. The van der Waals surface area contributed by atoms with Crippen molar-refractivity contribution in [1.82, 2.24) is 9.97 Å². The fourth-order valence-electron chi connectivity index (χ4n) is 3.42. The number of hydrogen-bond donors (Lipinski definition) is 1. The van der Waals surface area contributed by atoms with Crippen LogP contribution in [0.15, 0.2) is 60.9 Å². The van der Waals surface area contributed by atoms with Gasteiger partial charge >= 0.3 is 0 Å². The average molecular weight is 376 g/mol. The summed E-state index contributed by atoms with van der Waals surface area (Å²) in [5.74, 6) is 0.162. The van der Waals surface area contributed by atoms with Gasteiger partial charge in [0, 0.05) is 36.4 Å². The van der Waals surface area contributed by atoms with E-state index in [1.165, 1.54) is 43.2 Å². The Hall–Kier alpha value is -2.75. The van der Waals surface area contributed by atoms with Gasteiger partial charge in [-0.1, -0.05) is 56.4 Å². The molecule has 3 aromatic rings.